The topological polar surface area (TPSA) is 79.7 Å². The van der Waals surface area contributed by atoms with E-state index < -0.39 is 20.4 Å². The first-order chi connectivity index (χ1) is 17.4. The molecule has 2 rings (SSSR count). The first kappa shape index (κ1) is 32.7. The molecule has 0 aliphatic rings. The second-order valence-corrected chi connectivity index (χ2v) is 16.3. The molecule has 7 heteroatoms. The molecule has 0 radical (unpaired) electrons. The van der Waals surface area contributed by atoms with E-state index in [4.69, 9.17) is 9.41 Å². The zero-order valence-electron chi connectivity index (χ0n) is 24.0. The van der Waals surface area contributed by atoms with Gasteiger partial charge in [-0.25, -0.2) is 4.79 Å². The smallest absolute Gasteiger partial charge is 0.335 e. The van der Waals surface area contributed by atoms with Crippen LogP contribution in [0.2, 0.25) is 18.1 Å². The Kier molecular flexibility index (Phi) is 13.1. The van der Waals surface area contributed by atoms with Gasteiger partial charge in [-0.1, -0.05) is 90.5 Å². The number of aliphatic hydroxyl groups excluding tert-OH is 1. The number of aromatic nitrogens is 1. The minimum absolute atomic E-state index is 0. The van der Waals surface area contributed by atoms with E-state index in [2.05, 4.69) is 40.8 Å². The number of benzene rings is 1. The van der Waals surface area contributed by atoms with Gasteiger partial charge in [-0.15, -0.1) is 0 Å². The second-order valence-electron chi connectivity index (χ2n) is 11.5. The zero-order chi connectivity index (χ0) is 27.5. The summed E-state index contributed by atoms with van der Waals surface area (Å²) in [5.41, 5.74) is 2.77. The van der Waals surface area contributed by atoms with Gasteiger partial charge in [0.1, 0.15) is 0 Å². The van der Waals surface area contributed by atoms with E-state index in [0.717, 1.165) is 36.2 Å². The first-order valence-corrected chi connectivity index (χ1v) is 16.7. The van der Waals surface area contributed by atoms with Crippen molar-refractivity contribution < 1.29 is 19.4 Å². The average molecular weight is 783 g/mol. The average Bonchev–Trinajstić information content (AvgIpc) is 2.84. The molecule has 216 valence electrons. The number of aliphatic hydroxyl groups is 1. The van der Waals surface area contributed by atoms with Gasteiger partial charge in [0.15, 0.2) is 8.32 Å². The molecule has 2 unspecified atom stereocenters. The Morgan fingerprint density at radius 3 is 2.37 bits per heavy atom. The first-order valence-electron chi connectivity index (χ1n) is 13.8. The van der Waals surface area contributed by atoms with Crippen LogP contribution < -0.4 is 0 Å². The standard InChI is InChI=1S/C31H47NO4Si.Fm/c1-7-8-9-10-11-12-19-28(33)21-20-26-17-14-18-27(32-26)23-29(36-37(5,6)31(2,3)4)24-15-13-16-25(22-24)30(34)35;/h13-18,20-22,28-29,33H,7-12,19,23H2,1-6H3,(H,34,35);/b21-20+;. The SMILES string of the molecule is CCCCCCCCC(O)/C=C/c1cccc(CC(O[Si](C)(C)C(C)(C)C)c2cccc(C(=O)O)c2)n1.[Fm]. The van der Waals surface area contributed by atoms with Crippen LogP contribution >= 0.6 is 0 Å². The quantitative estimate of drug-likeness (QED) is 0.141. The van der Waals surface area contributed by atoms with E-state index in [-0.39, 0.29) is 16.7 Å². The van der Waals surface area contributed by atoms with E-state index in [0.29, 0.717) is 6.42 Å². The third-order valence-electron chi connectivity index (χ3n) is 7.31. The van der Waals surface area contributed by atoms with Crippen molar-refractivity contribution in [3.8, 4) is 0 Å². The van der Waals surface area contributed by atoms with Gasteiger partial charge in [0.2, 0.25) is 0 Å². The molecule has 0 fully saturated rings. The number of carboxylic acids is 1. The van der Waals surface area contributed by atoms with Crippen LogP contribution in [0.5, 0.6) is 0 Å². The molecule has 1 heterocycles. The van der Waals surface area contributed by atoms with Crippen molar-refractivity contribution in [1.82, 2.24) is 4.98 Å². The molecular formula is C31H47FmNO4Si. The summed E-state index contributed by atoms with van der Waals surface area (Å²) in [6.45, 7) is 13.2. The van der Waals surface area contributed by atoms with E-state index >= 15 is 0 Å². The Morgan fingerprint density at radius 2 is 1.71 bits per heavy atom. The molecule has 2 N–H and O–H groups in total. The number of unbranched alkanes of at least 4 members (excludes halogenated alkanes) is 5. The molecule has 0 saturated carbocycles. The fourth-order valence-electron chi connectivity index (χ4n) is 3.97. The van der Waals surface area contributed by atoms with Crippen molar-refractivity contribution >= 4 is 20.4 Å². The van der Waals surface area contributed by atoms with Gasteiger partial charge in [0.05, 0.1) is 23.5 Å². The number of hydrogen-bond acceptors (Lipinski definition) is 4. The zero-order valence-corrected chi connectivity index (χ0v) is 27.4. The predicted octanol–water partition coefficient (Wildman–Crippen LogP) is 8.21. The minimum Gasteiger partial charge on any atom is -0.478 e. The fraction of sp³-hybridized carbons (Fsp3) is 0.548. The molecular weight excluding hydrogens is 735 g/mol. The van der Waals surface area contributed by atoms with E-state index in [1.54, 1.807) is 18.2 Å². The van der Waals surface area contributed by atoms with Crippen LogP contribution in [0.25, 0.3) is 6.08 Å². The number of nitrogens with zero attached hydrogens (tertiary/aromatic N) is 1. The van der Waals surface area contributed by atoms with Gasteiger partial charge >= 0.3 is 5.97 Å². The van der Waals surface area contributed by atoms with Gasteiger partial charge in [0, 0.05) is 12.1 Å². The van der Waals surface area contributed by atoms with Crippen molar-refractivity contribution in [1.29, 1.82) is 0 Å². The fourth-order valence-corrected chi connectivity index (χ4v) is 5.25. The molecule has 0 aliphatic carbocycles. The molecule has 0 amide bonds. The van der Waals surface area contributed by atoms with Crippen LogP contribution in [0.3, 0.4) is 0 Å². The maximum atomic E-state index is 11.6. The predicted molar refractivity (Wildman–Crippen MR) is 155 cm³/mol. The maximum absolute atomic E-state index is 11.6. The number of carboxylic acid groups (broad SMARTS) is 1. The molecule has 0 bridgehead atoms. The van der Waals surface area contributed by atoms with Crippen molar-refractivity contribution in [2.24, 2.45) is 0 Å². The van der Waals surface area contributed by atoms with Crippen molar-refractivity contribution in [3.05, 3.63) is 71.1 Å². The van der Waals surface area contributed by atoms with Gasteiger partial charge in [0.25, 0.3) is 0 Å². The summed E-state index contributed by atoms with van der Waals surface area (Å²) in [5.74, 6) is -0.947. The van der Waals surface area contributed by atoms with Crippen LogP contribution in [0.1, 0.15) is 106 Å². The Balaban J connectivity index is 0.00000722. The van der Waals surface area contributed by atoms with Crippen LogP contribution in [-0.4, -0.2) is 35.6 Å². The van der Waals surface area contributed by atoms with Gasteiger partial charge in [-0.05, 0) is 60.5 Å². The van der Waals surface area contributed by atoms with E-state index in [1.165, 1.54) is 25.7 Å². The molecule has 1 aromatic heterocycles. The number of pyridine rings is 1. The van der Waals surface area contributed by atoms with Crippen LogP contribution in [0, 0.1) is 0 Å². The number of carbonyl (C=O) groups is 1. The third-order valence-corrected chi connectivity index (χ3v) is 11.8. The van der Waals surface area contributed by atoms with Gasteiger partial charge < -0.3 is 14.6 Å². The normalized spacial score (nSPS) is 13.8. The summed E-state index contributed by atoms with van der Waals surface area (Å²) >= 11 is 0. The molecule has 38 heavy (non-hydrogen) atoms. The molecule has 2 aromatic rings. The maximum Gasteiger partial charge on any atom is 0.335 e. The van der Waals surface area contributed by atoms with E-state index in [1.807, 2.05) is 36.4 Å². The van der Waals surface area contributed by atoms with Crippen LogP contribution in [-0.2, 0) is 10.8 Å². The number of aromatic carboxylic acids is 1. The summed E-state index contributed by atoms with van der Waals surface area (Å²) < 4.78 is 6.79. The van der Waals surface area contributed by atoms with Crippen molar-refractivity contribution in [2.75, 3.05) is 0 Å². The van der Waals surface area contributed by atoms with Gasteiger partial charge in [-0.3, -0.25) is 4.98 Å². The third kappa shape index (κ3) is 10.6. The number of hydrogen-bond donors (Lipinski definition) is 2. The Bertz CT molecular complexity index is 1020. The monoisotopic (exact) mass is 782 g/mol. The summed E-state index contributed by atoms with van der Waals surface area (Å²) in [6.07, 6.45) is 11.5. The summed E-state index contributed by atoms with van der Waals surface area (Å²) in [7, 11) is -2.14. The van der Waals surface area contributed by atoms with Crippen molar-refractivity contribution in [2.45, 2.75) is 109 Å². The Labute approximate surface area is 225 Å². The Hall–Kier alpha value is -3.28. The Morgan fingerprint density at radius 1 is 1.05 bits per heavy atom. The molecule has 0 spiro atoms. The minimum atomic E-state index is -2.14. The summed E-state index contributed by atoms with van der Waals surface area (Å²) in [5, 5.41) is 19.9. The van der Waals surface area contributed by atoms with Crippen LogP contribution in [0.4, 0.5) is 0 Å². The molecule has 0 saturated heterocycles. The largest absolute Gasteiger partial charge is 0.478 e. The molecule has 2 atom stereocenters. The van der Waals surface area contributed by atoms with Crippen molar-refractivity contribution in [3.63, 3.8) is 0 Å². The molecule has 0 aliphatic heterocycles. The van der Waals surface area contributed by atoms with E-state index in [9.17, 15) is 15.0 Å². The summed E-state index contributed by atoms with van der Waals surface area (Å²) in [4.78, 5) is 16.4. The van der Waals surface area contributed by atoms with Gasteiger partial charge in [-0.2, -0.15) is 0 Å². The number of rotatable bonds is 15. The van der Waals surface area contributed by atoms with Crippen LogP contribution in [0.15, 0.2) is 48.5 Å². The second kappa shape index (κ2) is 15.2. The molecule has 1 aromatic carbocycles. The summed E-state index contributed by atoms with van der Waals surface area (Å²) in [6, 6.07) is 12.9. The molecule has 5 nitrogen and oxygen atoms in total.